The van der Waals surface area contributed by atoms with Gasteiger partial charge in [-0.25, -0.2) is 0 Å². The van der Waals surface area contributed by atoms with E-state index < -0.39 is 0 Å². The summed E-state index contributed by atoms with van der Waals surface area (Å²) < 4.78 is 19.5. The molecule has 0 fully saturated rings. The summed E-state index contributed by atoms with van der Waals surface area (Å²) in [6, 6.07) is 79.2. The molecule has 4 nitrogen and oxygen atoms in total. The molecule has 64 heavy (non-hydrogen) atoms. The Hall–Kier alpha value is -8.60. The normalized spacial score (nSPS) is 11.8. The highest BCUT2D eigenvalue weighted by Crippen LogP contribution is 2.46. The van der Waals surface area contributed by atoms with Crippen LogP contribution in [0.4, 0.5) is 17.1 Å². The topological polar surface area (TPSA) is 42.7 Å². The van der Waals surface area contributed by atoms with E-state index in [1.165, 1.54) is 0 Å². The molecule has 0 aliphatic heterocycles. The van der Waals surface area contributed by atoms with Crippen molar-refractivity contribution in [3.8, 4) is 44.5 Å². The Labute approximate surface area is 368 Å². The molecule has 0 atom stereocenters. The zero-order chi connectivity index (χ0) is 42.1. The van der Waals surface area contributed by atoms with Gasteiger partial charge in [0, 0.05) is 49.3 Å². The summed E-state index contributed by atoms with van der Waals surface area (Å²) in [5.74, 6) is 0. The van der Waals surface area contributed by atoms with Crippen molar-refractivity contribution < 1.29 is 13.3 Å². The van der Waals surface area contributed by atoms with Gasteiger partial charge in [0.2, 0.25) is 0 Å². The van der Waals surface area contributed by atoms with Gasteiger partial charge < -0.3 is 18.2 Å². The van der Waals surface area contributed by atoms with Crippen LogP contribution in [0.2, 0.25) is 0 Å². The van der Waals surface area contributed by atoms with Crippen LogP contribution < -0.4 is 4.90 Å². The SMILES string of the molecule is c1ccc(-c2cc(-c3ccccc3)c3oc4c(N(c5ccc(-c6ccc7oc8ccccc8c7c6)cc5)c5ccc(-c6ccc7oc8ccccc8c7c6)cc5)cccc4c3c2)cc1. The van der Waals surface area contributed by atoms with E-state index in [9.17, 15) is 0 Å². The van der Waals surface area contributed by atoms with Crippen LogP contribution in [-0.4, -0.2) is 0 Å². The van der Waals surface area contributed by atoms with Gasteiger partial charge in [0.05, 0.1) is 5.69 Å². The minimum atomic E-state index is 0.822. The first-order valence-corrected chi connectivity index (χ1v) is 21.6. The monoisotopic (exact) mass is 819 g/mol. The fourth-order valence-electron chi connectivity index (χ4n) is 9.54. The lowest BCUT2D eigenvalue weighted by molar-refractivity contribution is 0.668. The van der Waals surface area contributed by atoms with Crippen LogP contribution in [0.1, 0.15) is 0 Å². The van der Waals surface area contributed by atoms with E-state index in [0.717, 1.165) is 127 Å². The van der Waals surface area contributed by atoms with Crippen LogP contribution in [0, 0.1) is 0 Å². The average molecular weight is 820 g/mol. The van der Waals surface area contributed by atoms with Gasteiger partial charge in [-0.2, -0.15) is 0 Å². The lowest BCUT2D eigenvalue weighted by Gasteiger charge is -2.26. The Morgan fingerprint density at radius 1 is 0.250 bits per heavy atom. The van der Waals surface area contributed by atoms with Crippen LogP contribution in [0.15, 0.2) is 238 Å². The number of benzene rings is 10. The highest BCUT2D eigenvalue weighted by Gasteiger charge is 2.22. The third-order valence-electron chi connectivity index (χ3n) is 12.7. The molecule has 0 saturated carbocycles. The van der Waals surface area contributed by atoms with Crippen LogP contribution >= 0.6 is 0 Å². The van der Waals surface area contributed by atoms with Crippen molar-refractivity contribution in [2.24, 2.45) is 0 Å². The molecule has 0 amide bonds. The first kappa shape index (κ1) is 36.1. The van der Waals surface area contributed by atoms with Crippen molar-refractivity contribution in [2.45, 2.75) is 0 Å². The summed E-state index contributed by atoms with van der Waals surface area (Å²) in [6.45, 7) is 0. The zero-order valence-corrected chi connectivity index (χ0v) is 34.5. The third-order valence-corrected chi connectivity index (χ3v) is 12.7. The highest BCUT2D eigenvalue weighted by molar-refractivity contribution is 6.15. The van der Waals surface area contributed by atoms with Gasteiger partial charge in [0.1, 0.15) is 27.9 Å². The van der Waals surface area contributed by atoms with Gasteiger partial charge in [-0.3, -0.25) is 0 Å². The molecule has 0 unspecified atom stereocenters. The summed E-state index contributed by atoms with van der Waals surface area (Å²) in [5, 5.41) is 6.60. The molecule has 0 saturated heterocycles. The molecule has 0 N–H and O–H groups in total. The molecule has 0 aliphatic carbocycles. The van der Waals surface area contributed by atoms with Gasteiger partial charge in [0.25, 0.3) is 0 Å². The molecular formula is C60H37NO3. The number of hydrogen-bond acceptors (Lipinski definition) is 4. The van der Waals surface area contributed by atoms with Crippen LogP contribution in [0.5, 0.6) is 0 Å². The Morgan fingerprint density at radius 3 is 1.28 bits per heavy atom. The number of fused-ring (bicyclic) bond motifs is 9. The predicted octanol–water partition coefficient (Wildman–Crippen LogP) is 17.5. The molecule has 300 valence electrons. The average Bonchev–Trinajstić information content (AvgIpc) is 4.06. The molecule has 0 aliphatic rings. The number of rotatable bonds is 7. The summed E-state index contributed by atoms with van der Waals surface area (Å²) in [7, 11) is 0. The number of hydrogen-bond donors (Lipinski definition) is 0. The van der Waals surface area contributed by atoms with Crippen molar-refractivity contribution >= 4 is 82.9 Å². The second kappa shape index (κ2) is 14.5. The van der Waals surface area contributed by atoms with Crippen molar-refractivity contribution in [3.63, 3.8) is 0 Å². The lowest BCUT2D eigenvalue weighted by atomic mass is 9.96. The molecule has 0 spiro atoms. The Morgan fingerprint density at radius 2 is 0.703 bits per heavy atom. The Bertz CT molecular complexity index is 3720. The van der Waals surface area contributed by atoms with Crippen molar-refractivity contribution in [1.82, 2.24) is 0 Å². The van der Waals surface area contributed by atoms with Crippen molar-refractivity contribution in [3.05, 3.63) is 224 Å². The lowest BCUT2D eigenvalue weighted by Crippen LogP contribution is -2.10. The maximum absolute atomic E-state index is 7.15. The smallest absolute Gasteiger partial charge is 0.159 e. The van der Waals surface area contributed by atoms with Crippen molar-refractivity contribution in [2.75, 3.05) is 4.90 Å². The maximum atomic E-state index is 7.15. The van der Waals surface area contributed by atoms with E-state index in [0.29, 0.717) is 0 Å². The molecule has 3 aromatic heterocycles. The first-order chi connectivity index (χ1) is 31.7. The summed E-state index contributed by atoms with van der Waals surface area (Å²) in [5.41, 5.74) is 17.2. The number of furan rings is 3. The quantitative estimate of drug-likeness (QED) is 0.161. The standard InChI is InChI=1S/C60H37NO3/c1-3-12-38(13-4-1)44-36-50(41-14-5-2-6-15-41)59-53(37-44)49-18-11-19-54(60(49)64-59)61(45-28-22-39(23-29-45)42-26-32-57-51(34-42)47-16-7-9-20-55(47)62-57)46-30-24-40(25-31-46)43-27-33-58-52(35-43)48-17-8-10-21-56(48)63-58/h1-37H. The van der Waals surface area contributed by atoms with Crippen LogP contribution in [0.25, 0.3) is 110 Å². The third kappa shape index (κ3) is 5.92. The summed E-state index contributed by atoms with van der Waals surface area (Å²) in [4.78, 5) is 2.32. The molecule has 10 aromatic carbocycles. The van der Waals surface area contributed by atoms with E-state index in [1.54, 1.807) is 0 Å². The molecular weight excluding hydrogens is 783 g/mol. The largest absolute Gasteiger partial charge is 0.456 e. The van der Waals surface area contributed by atoms with E-state index in [-0.39, 0.29) is 0 Å². The molecule has 0 radical (unpaired) electrons. The van der Waals surface area contributed by atoms with Gasteiger partial charge >= 0.3 is 0 Å². The van der Waals surface area contributed by atoms with E-state index in [1.807, 2.05) is 24.3 Å². The van der Waals surface area contributed by atoms with E-state index >= 15 is 0 Å². The molecule has 3 heterocycles. The number of nitrogens with zero attached hydrogens (tertiary/aromatic N) is 1. The van der Waals surface area contributed by atoms with Crippen LogP contribution in [0.3, 0.4) is 0 Å². The number of anilines is 3. The second-order valence-electron chi connectivity index (χ2n) is 16.4. The summed E-state index contributed by atoms with van der Waals surface area (Å²) >= 11 is 0. The molecule has 0 bridgehead atoms. The van der Waals surface area contributed by atoms with Gasteiger partial charge in [0.15, 0.2) is 5.58 Å². The van der Waals surface area contributed by atoms with Crippen LogP contribution in [-0.2, 0) is 0 Å². The summed E-state index contributed by atoms with van der Waals surface area (Å²) in [6.07, 6.45) is 0. The Kier molecular flexibility index (Phi) is 8.18. The van der Waals surface area contributed by atoms with Gasteiger partial charge in [-0.1, -0.05) is 146 Å². The zero-order valence-electron chi connectivity index (χ0n) is 34.5. The Balaban J connectivity index is 0.973. The minimum Gasteiger partial charge on any atom is -0.456 e. The van der Waals surface area contributed by atoms with Gasteiger partial charge in [-0.05, 0) is 118 Å². The molecule has 13 aromatic rings. The van der Waals surface area contributed by atoms with E-state index in [4.69, 9.17) is 13.3 Å². The first-order valence-electron chi connectivity index (χ1n) is 21.6. The van der Waals surface area contributed by atoms with Crippen molar-refractivity contribution in [1.29, 1.82) is 0 Å². The van der Waals surface area contributed by atoms with E-state index in [2.05, 4.69) is 205 Å². The predicted molar refractivity (Wildman–Crippen MR) is 265 cm³/mol. The highest BCUT2D eigenvalue weighted by atomic mass is 16.3. The van der Waals surface area contributed by atoms with Gasteiger partial charge in [-0.15, -0.1) is 0 Å². The molecule has 4 heteroatoms. The maximum Gasteiger partial charge on any atom is 0.159 e. The number of para-hydroxylation sites is 3. The minimum absolute atomic E-state index is 0.822. The fourth-order valence-corrected chi connectivity index (χ4v) is 9.54. The second-order valence-corrected chi connectivity index (χ2v) is 16.4. The fraction of sp³-hybridized carbons (Fsp3) is 0. The molecule has 13 rings (SSSR count).